The molecule has 5 heteroatoms. The molecule has 0 aromatic heterocycles. The van der Waals surface area contributed by atoms with Crippen molar-refractivity contribution in [3.63, 3.8) is 0 Å². The van der Waals surface area contributed by atoms with Gasteiger partial charge in [0, 0.05) is 21.8 Å². The van der Waals surface area contributed by atoms with Gasteiger partial charge in [-0.15, -0.1) is 0 Å². The van der Waals surface area contributed by atoms with Gasteiger partial charge in [-0.3, -0.25) is 9.69 Å². The number of likely N-dealkylation sites (N-methyl/N-ethyl adjacent to an activating group) is 1. The maximum Gasteiger partial charge on any atom is 0.238 e. The van der Waals surface area contributed by atoms with E-state index >= 15 is 0 Å². The van der Waals surface area contributed by atoms with Crippen molar-refractivity contribution in [2.75, 3.05) is 31.5 Å². The van der Waals surface area contributed by atoms with Crippen LogP contribution in [0, 0.1) is 10.5 Å². The number of carbonyl (C=O) groups is 1. The SMILES string of the molecule is CCN(CC(=O)Nc1ccc(I)cc1C)C1CCCNC1. The topological polar surface area (TPSA) is 44.4 Å². The van der Waals surface area contributed by atoms with Crippen molar-refractivity contribution in [3.05, 3.63) is 27.3 Å². The largest absolute Gasteiger partial charge is 0.325 e. The molecule has 1 fully saturated rings. The van der Waals surface area contributed by atoms with Crippen molar-refractivity contribution in [2.45, 2.75) is 32.7 Å². The molecule has 116 valence electrons. The highest BCUT2D eigenvalue weighted by Gasteiger charge is 2.21. The second kappa shape index (κ2) is 8.10. The first kappa shape index (κ1) is 16.7. The van der Waals surface area contributed by atoms with Gasteiger partial charge >= 0.3 is 0 Å². The number of nitrogens with zero attached hydrogens (tertiary/aromatic N) is 1. The van der Waals surface area contributed by atoms with Gasteiger partial charge in [0.15, 0.2) is 0 Å². The molecule has 0 aliphatic carbocycles. The molecule has 2 rings (SSSR count). The van der Waals surface area contributed by atoms with Crippen LogP contribution >= 0.6 is 22.6 Å². The molecule has 1 heterocycles. The summed E-state index contributed by atoms with van der Waals surface area (Å²) in [7, 11) is 0. The summed E-state index contributed by atoms with van der Waals surface area (Å²) in [4.78, 5) is 14.6. The zero-order valence-corrected chi connectivity index (χ0v) is 14.9. The Kier molecular flexibility index (Phi) is 6.44. The summed E-state index contributed by atoms with van der Waals surface area (Å²) in [5.41, 5.74) is 2.02. The van der Waals surface area contributed by atoms with Crippen molar-refractivity contribution in [3.8, 4) is 0 Å². The van der Waals surface area contributed by atoms with Crippen molar-refractivity contribution in [2.24, 2.45) is 0 Å². The number of halogens is 1. The normalized spacial score (nSPS) is 18.8. The molecule has 0 saturated carbocycles. The highest BCUT2D eigenvalue weighted by atomic mass is 127. The molecule has 0 bridgehead atoms. The van der Waals surface area contributed by atoms with Gasteiger partial charge in [0.25, 0.3) is 0 Å². The Balaban J connectivity index is 1.92. The predicted molar refractivity (Wildman–Crippen MR) is 95.7 cm³/mol. The number of rotatable bonds is 5. The zero-order valence-electron chi connectivity index (χ0n) is 12.8. The molecule has 1 unspecified atom stereocenters. The highest BCUT2D eigenvalue weighted by Crippen LogP contribution is 2.18. The summed E-state index contributed by atoms with van der Waals surface area (Å²) in [6, 6.07) is 6.56. The fourth-order valence-electron chi connectivity index (χ4n) is 2.79. The van der Waals surface area contributed by atoms with Crippen LogP contribution in [-0.4, -0.2) is 43.0 Å². The minimum Gasteiger partial charge on any atom is -0.325 e. The summed E-state index contributed by atoms with van der Waals surface area (Å²) >= 11 is 2.28. The van der Waals surface area contributed by atoms with Crippen LogP contribution in [0.3, 0.4) is 0 Å². The first-order valence-corrected chi connectivity index (χ1v) is 8.68. The highest BCUT2D eigenvalue weighted by molar-refractivity contribution is 14.1. The number of amides is 1. The third-order valence-electron chi connectivity index (χ3n) is 4.00. The number of aryl methyl sites for hydroxylation is 1. The molecule has 1 aliphatic heterocycles. The summed E-state index contributed by atoms with van der Waals surface area (Å²) in [6.45, 7) is 7.61. The van der Waals surface area contributed by atoms with Crippen molar-refractivity contribution < 1.29 is 4.79 Å². The van der Waals surface area contributed by atoms with Gasteiger partial charge in [-0.05, 0) is 79.2 Å². The fourth-order valence-corrected chi connectivity index (χ4v) is 3.43. The van der Waals surface area contributed by atoms with E-state index in [2.05, 4.69) is 51.1 Å². The molecule has 1 aliphatic rings. The lowest BCUT2D eigenvalue weighted by atomic mass is 10.1. The lowest BCUT2D eigenvalue weighted by molar-refractivity contribution is -0.117. The average molecular weight is 401 g/mol. The van der Waals surface area contributed by atoms with Crippen LogP contribution in [0.2, 0.25) is 0 Å². The minimum absolute atomic E-state index is 0.0757. The Hall–Kier alpha value is -0.660. The fraction of sp³-hybridized carbons (Fsp3) is 0.562. The molecule has 0 radical (unpaired) electrons. The Morgan fingerprint density at radius 2 is 2.33 bits per heavy atom. The van der Waals surface area contributed by atoms with Gasteiger partial charge in [0.05, 0.1) is 6.54 Å². The molecule has 1 aromatic rings. The second-order valence-electron chi connectivity index (χ2n) is 5.57. The van der Waals surface area contributed by atoms with Gasteiger partial charge < -0.3 is 10.6 Å². The quantitative estimate of drug-likeness (QED) is 0.746. The summed E-state index contributed by atoms with van der Waals surface area (Å²) in [6.07, 6.45) is 2.37. The molecule has 1 atom stereocenters. The molecule has 0 spiro atoms. The summed E-state index contributed by atoms with van der Waals surface area (Å²) in [5, 5.41) is 6.45. The van der Waals surface area contributed by atoms with Crippen LogP contribution in [0.4, 0.5) is 5.69 Å². The Morgan fingerprint density at radius 1 is 1.52 bits per heavy atom. The standard InChI is InChI=1S/C16H24IN3O/c1-3-20(14-5-4-8-18-10-14)11-16(21)19-15-7-6-13(17)9-12(15)2/h6-7,9,14,18H,3-5,8,10-11H2,1-2H3,(H,19,21). The van der Waals surface area contributed by atoms with E-state index in [1.165, 1.54) is 16.4 Å². The number of carbonyl (C=O) groups excluding carboxylic acids is 1. The second-order valence-corrected chi connectivity index (χ2v) is 6.82. The monoisotopic (exact) mass is 401 g/mol. The maximum absolute atomic E-state index is 12.3. The van der Waals surface area contributed by atoms with E-state index in [0.29, 0.717) is 12.6 Å². The average Bonchev–Trinajstić information content (AvgIpc) is 2.48. The summed E-state index contributed by atoms with van der Waals surface area (Å²) in [5.74, 6) is 0.0757. The van der Waals surface area contributed by atoms with Crippen molar-refractivity contribution in [1.29, 1.82) is 0 Å². The van der Waals surface area contributed by atoms with Crippen molar-refractivity contribution >= 4 is 34.2 Å². The molecule has 2 N–H and O–H groups in total. The van der Waals surface area contributed by atoms with Crippen LogP contribution in [0.25, 0.3) is 0 Å². The molecule has 1 saturated heterocycles. The Bertz CT molecular complexity index is 486. The minimum atomic E-state index is 0.0757. The third-order valence-corrected chi connectivity index (χ3v) is 4.67. The van der Waals surface area contributed by atoms with Crippen molar-refractivity contribution in [1.82, 2.24) is 10.2 Å². The third kappa shape index (κ3) is 4.93. The molecule has 1 amide bonds. The van der Waals surface area contributed by atoms with Gasteiger partial charge in [-0.1, -0.05) is 6.92 Å². The zero-order chi connectivity index (χ0) is 15.2. The molecular formula is C16H24IN3O. The van der Waals surface area contributed by atoms with E-state index in [-0.39, 0.29) is 5.91 Å². The van der Waals surface area contributed by atoms with E-state index in [4.69, 9.17) is 0 Å². The van der Waals surface area contributed by atoms with Crippen LogP contribution in [-0.2, 0) is 4.79 Å². The molecule has 4 nitrogen and oxygen atoms in total. The smallest absolute Gasteiger partial charge is 0.238 e. The lowest BCUT2D eigenvalue weighted by Crippen LogP contribution is -2.48. The van der Waals surface area contributed by atoms with Crippen LogP contribution < -0.4 is 10.6 Å². The van der Waals surface area contributed by atoms with Gasteiger partial charge in [-0.25, -0.2) is 0 Å². The van der Waals surface area contributed by atoms with Gasteiger partial charge in [0.1, 0.15) is 0 Å². The van der Waals surface area contributed by atoms with E-state index in [1.54, 1.807) is 0 Å². The van der Waals surface area contributed by atoms with Gasteiger partial charge in [-0.2, -0.15) is 0 Å². The van der Waals surface area contributed by atoms with E-state index in [1.807, 2.05) is 19.1 Å². The van der Waals surface area contributed by atoms with E-state index in [9.17, 15) is 4.79 Å². The van der Waals surface area contributed by atoms with Crippen LogP contribution in [0.1, 0.15) is 25.3 Å². The number of hydrogen-bond acceptors (Lipinski definition) is 3. The number of piperidine rings is 1. The first-order valence-electron chi connectivity index (χ1n) is 7.61. The predicted octanol–water partition coefficient (Wildman–Crippen LogP) is 2.61. The molecule has 1 aromatic carbocycles. The van der Waals surface area contributed by atoms with E-state index in [0.717, 1.165) is 30.9 Å². The number of hydrogen-bond donors (Lipinski definition) is 2. The Morgan fingerprint density at radius 3 is 2.95 bits per heavy atom. The number of nitrogens with one attached hydrogen (secondary N) is 2. The molecule has 21 heavy (non-hydrogen) atoms. The van der Waals surface area contributed by atoms with Crippen LogP contribution in [0.15, 0.2) is 18.2 Å². The number of benzene rings is 1. The van der Waals surface area contributed by atoms with Crippen LogP contribution in [0.5, 0.6) is 0 Å². The summed E-state index contributed by atoms with van der Waals surface area (Å²) < 4.78 is 1.19. The lowest BCUT2D eigenvalue weighted by Gasteiger charge is -2.33. The molecular weight excluding hydrogens is 377 g/mol. The maximum atomic E-state index is 12.3. The Labute approximate surface area is 140 Å². The number of anilines is 1. The van der Waals surface area contributed by atoms with Gasteiger partial charge in [0.2, 0.25) is 5.91 Å². The first-order chi connectivity index (χ1) is 10.1. The van der Waals surface area contributed by atoms with E-state index < -0.39 is 0 Å².